The van der Waals surface area contributed by atoms with E-state index in [0.717, 1.165) is 11.1 Å². The summed E-state index contributed by atoms with van der Waals surface area (Å²) in [6.07, 6.45) is 0.341. The van der Waals surface area contributed by atoms with Crippen molar-refractivity contribution < 1.29 is 14.3 Å². The van der Waals surface area contributed by atoms with E-state index in [1.165, 1.54) is 0 Å². The van der Waals surface area contributed by atoms with Gasteiger partial charge in [0, 0.05) is 17.8 Å². The van der Waals surface area contributed by atoms with Crippen LogP contribution in [0.2, 0.25) is 0 Å². The molecule has 2 N–H and O–H groups in total. The Labute approximate surface area is 169 Å². The molecular formula is C22H25N3O4. The number of nitrogens with one attached hydrogen (secondary N) is 2. The molecule has 0 aliphatic heterocycles. The van der Waals surface area contributed by atoms with E-state index in [2.05, 4.69) is 10.3 Å². The number of hydrogen-bond donors (Lipinski definition) is 2. The third kappa shape index (κ3) is 5.55. The van der Waals surface area contributed by atoms with Gasteiger partial charge in [0.2, 0.25) is 0 Å². The maximum atomic E-state index is 12.1. The lowest BCUT2D eigenvalue weighted by Gasteiger charge is -2.14. The monoisotopic (exact) mass is 395 g/mol. The Balaban J connectivity index is 1.92. The minimum absolute atomic E-state index is 0.0362. The zero-order valence-corrected chi connectivity index (χ0v) is 17.1. The van der Waals surface area contributed by atoms with Gasteiger partial charge in [0.1, 0.15) is 11.6 Å². The van der Waals surface area contributed by atoms with Crippen LogP contribution < -0.4 is 10.9 Å². The Morgan fingerprint density at radius 2 is 1.93 bits per heavy atom. The molecule has 1 heterocycles. The van der Waals surface area contributed by atoms with Gasteiger partial charge in [-0.2, -0.15) is 5.26 Å². The van der Waals surface area contributed by atoms with Gasteiger partial charge in [-0.15, -0.1) is 0 Å². The molecule has 0 aliphatic rings. The van der Waals surface area contributed by atoms with Crippen molar-refractivity contribution in [2.24, 2.45) is 0 Å². The van der Waals surface area contributed by atoms with E-state index in [0.29, 0.717) is 23.4 Å². The summed E-state index contributed by atoms with van der Waals surface area (Å²) in [4.78, 5) is 38.6. The summed E-state index contributed by atoms with van der Waals surface area (Å²) in [6.45, 7) is 7.09. The maximum Gasteiger partial charge on any atom is 0.306 e. The van der Waals surface area contributed by atoms with Gasteiger partial charge in [0.25, 0.3) is 11.5 Å². The Kier molecular flexibility index (Phi) is 7.32. The topological polar surface area (TPSA) is 112 Å². The van der Waals surface area contributed by atoms with Gasteiger partial charge in [0.15, 0.2) is 6.61 Å². The molecule has 0 fully saturated rings. The number of aromatic amines is 1. The number of ether oxygens (including phenoxy) is 1. The van der Waals surface area contributed by atoms with Crippen molar-refractivity contribution in [3.63, 3.8) is 0 Å². The summed E-state index contributed by atoms with van der Waals surface area (Å²) in [5.74, 6) is -0.688. The first kappa shape index (κ1) is 21.9. The zero-order valence-electron chi connectivity index (χ0n) is 17.1. The molecule has 2 rings (SSSR count). The Hall–Kier alpha value is -3.40. The fourth-order valence-corrected chi connectivity index (χ4v) is 3.17. The second-order valence-corrected chi connectivity index (χ2v) is 7.12. The lowest BCUT2D eigenvalue weighted by Crippen LogP contribution is -2.22. The van der Waals surface area contributed by atoms with Crippen molar-refractivity contribution in [1.82, 2.24) is 4.98 Å². The Morgan fingerprint density at radius 1 is 1.24 bits per heavy atom. The van der Waals surface area contributed by atoms with Crippen LogP contribution in [0.4, 0.5) is 5.69 Å². The van der Waals surface area contributed by atoms with E-state index < -0.39 is 17.4 Å². The van der Waals surface area contributed by atoms with Crippen LogP contribution in [0, 0.1) is 25.2 Å². The van der Waals surface area contributed by atoms with E-state index in [-0.39, 0.29) is 24.5 Å². The molecule has 0 atom stereocenters. The average Bonchev–Trinajstić information content (AvgIpc) is 2.66. The molecule has 29 heavy (non-hydrogen) atoms. The van der Waals surface area contributed by atoms with E-state index in [1.807, 2.05) is 44.2 Å². The molecule has 0 spiro atoms. The van der Waals surface area contributed by atoms with Crippen LogP contribution in [0.15, 0.2) is 29.1 Å². The van der Waals surface area contributed by atoms with Crippen molar-refractivity contribution in [3.8, 4) is 6.07 Å². The molecule has 2 aromatic rings. The van der Waals surface area contributed by atoms with Crippen LogP contribution in [0.3, 0.4) is 0 Å². The fraction of sp³-hybridized carbons (Fsp3) is 0.364. The van der Waals surface area contributed by atoms with Crippen LogP contribution >= 0.6 is 0 Å². The highest BCUT2D eigenvalue weighted by atomic mass is 16.5. The number of hydrogen-bond acceptors (Lipinski definition) is 5. The van der Waals surface area contributed by atoms with Gasteiger partial charge >= 0.3 is 5.97 Å². The smallest absolute Gasteiger partial charge is 0.306 e. The van der Waals surface area contributed by atoms with E-state index in [1.54, 1.807) is 13.8 Å². The first-order chi connectivity index (χ1) is 13.7. The fourth-order valence-electron chi connectivity index (χ4n) is 3.17. The normalized spacial score (nSPS) is 10.5. The number of aryl methyl sites for hydroxylation is 1. The van der Waals surface area contributed by atoms with Gasteiger partial charge in [0.05, 0.1) is 0 Å². The number of carbonyl (C=O) groups excluding carboxylic acids is 2. The number of amides is 1. The number of anilines is 1. The summed E-state index contributed by atoms with van der Waals surface area (Å²) in [5, 5.41) is 11.9. The van der Waals surface area contributed by atoms with Gasteiger partial charge in [-0.25, -0.2) is 0 Å². The highest BCUT2D eigenvalue weighted by Gasteiger charge is 2.15. The van der Waals surface area contributed by atoms with Crippen molar-refractivity contribution in [2.45, 2.75) is 46.5 Å². The number of nitriles is 1. The van der Waals surface area contributed by atoms with Crippen molar-refractivity contribution in [2.75, 3.05) is 11.9 Å². The molecule has 0 saturated heterocycles. The van der Waals surface area contributed by atoms with Gasteiger partial charge in [-0.05, 0) is 48.9 Å². The number of nitrogens with zero attached hydrogens (tertiary/aromatic N) is 1. The number of rotatable bonds is 7. The minimum atomic E-state index is -0.527. The standard InChI is InChI=1S/C22H25N3O4/c1-13(2)16-7-5-6-8-19(16)25-20(26)12-29-21(27)10-9-17-14(3)18(11-23)22(28)24-15(17)4/h5-8,13H,9-10,12H2,1-4H3,(H,24,28)(H,25,26). The quantitative estimate of drug-likeness (QED) is 0.700. The predicted molar refractivity (Wildman–Crippen MR) is 110 cm³/mol. The molecule has 1 amide bonds. The molecule has 0 bridgehead atoms. The number of benzene rings is 1. The van der Waals surface area contributed by atoms with Crippen LogP contribution in [-0.4, -0.2) is 23.5 Å². The molecule has 0 saturated carbocycles. The van der Waals surface area contributed by atoms with Crippen LogP contribution in [-0.2, 0) is 20.7 Å². The van der Waals surface area contributed by atoms with Crippen LogP contribution in [0.5, 0.6) is 0 Å². The highest BCUT2D eigenvalue weighted by Crippen LogP contribution is 2.23. The van der Waals surface area contributed by atoms with Crippen molar-refractivity contribution in [3.05, 3.63) is 62.6 Å². The maximum absolute atomic E-state index is 12.1. The molecular weight excluding hydrogens is 370 g/mol. The molecule has 0 unspecified atom stereocenters. The lowest BCUT2D eigenvalue weighted by atomic mass is 9.99. The summed E-state index contributed by atoms with van der Waals surface area (Å²) in [7, 11) is 0. The SMILES string of the molecule is Cc1[nH]c(=O)c(C#N)c(C)c1CCC(=O)OCC(=O)Nc1ccccc1C(C)C. The number of esters is 1. The summed E-state index contributed by atoms with van der Waals surface area (Å²) < 4.78 is 5.07. The average molecular weight is 395 g/mol. The number of para-hydroxylation sites is 1. The second kappa shape index (κ2) is 9.69. The summed E-state index contributed by atoms with van der Waals surface area (Å²) >= 11 is 0. The number of pyridine rings is 1. The van der Waals surface area contributed by atoms with Crippen molar-refractivity contribution in [1.29, 1.82) is 5.26 Å². The van der Waals surface area contributed by atoms with E-state index >= 15 is 0 Å². The Bertz CT molecular complexity index is 1020. The van der Waals surface area contributed by atoms with Gasteiger partial charge < -0.3 is 15.0 Å². The van der Waals surface area contributed by atoms with Crippen molar-refractivity contribution >= 4 is 17.6 Å². The zero-order chi connectivity index (χ0) is 21.6. The van der Waals surface area contributed by atoms with E-state index in [4.69, 9.17) is 10.00 Å². The lowest BCUT2D eigenvalue weighted by molar-refractivity contribution is -0.147. The molecule has 1 aromatic heterocycles. The largest absolute Gasteiger partial charge is 0.456 e. The number of H-pyrrole nitrogens is 1. The molecule has 152 valence electrons. The number of aromatic nitrogens is 1. The third-order valence-electron chi connectivity index (χ3n) is 4.72. The molecule has 7 nitrogen and oxygen atoms in total. The van der Waals surface area contributed by atoms with Crippen LogP contribution in [0.25, 0.3) is 0 Å². The van der Waals surface area contributed by atoms with Gasteiger partial charge in [-0.1, -0.05) is 32.0 Å². The Morgan fingerprint density at radius 3 is 2.59 bits per heavy atom. The first-order valence-corrected chi connectivity index (χ1v) is 9.41. The van der Waals surface area contributed by atoms with Gasteiger partial charge in [-0.3, -0.25) is 14.4 Å². The molecule has 0 radical (unpaired) electrons. The van der Waals surface area contributed by atoms with Crippen LogP contribution in [0.1, 0.15) is 54.1 Å². The first-order valence-electron chi connectivity index (χ1n) is 9.41. The molecule has 1 aromatic carbocycles. The second-order valence-electron chi connectivity index (χ2n) is 7.12. The summed E-state index contributed by atoms with van der Waals surface area (Å²) in [5.41, 5.74) is 3.21. The molecule has 0 aliphatic carbocycles. The molecule has 7 heteroatoms. The predicted octanol–water partition coefficient (Wildman–Crippen LogP) is 3.10. The third-order valence-corrected chi connectivity index (χ3v) is 4.72. The minimum Gasteiger partial charge on any atom is -0.456 e. The summed E-state index contributed by atoms with van der Waals surface area (Å²) in [6, 6.07) is 9.37. The van der Waals surface area contributed by atoms with E-state index in [9.17, 15) is 14.4 Å². The highest BCUT2D eigenvalue weighted by molar-refractivity contribution is 5.93. The number of carbonyl (C=O) groups is 2.